The van der Waals surface area contributed by atoms with Crippen LogP contribution in [0.4, 0.5) is 5.69 Å². The van der Waals surface area contributed by atoms with Crippen LogP contribution in [0.5, 0.6) is 0 Å². The van der Waals surface area contributed by atoms with Crippen LogP contribution in [-0.4, -0.2) is 211 Å². The Kier molecular flexibility index (Phi) is 32.1. The van der Waals surface area contributed by atoms with Gasteiger partial charge < -0.3 is 91.3 Å². The number of carbonyl (C=O) groups excluding carboxylic acids is 4. The number of aliphatic hydroxyl groups is 10. The Balaban J connectivity index is 1.58. The maximum Gasteiger partial charge on any atom is 0.308 e. The molecule has 0 aromatic heterocycles. The van der Waals surface area contributed by atoms with E-state index in [1.54, 1.807) is 117 Å². The monoisotopic (exact) mass is 1210 g/mol. The summed E-state index contributed by atoms with van der Waals surface area (Å²) in [5.74, 6) is -6.43. The number of nitrogens with two attached hydrogens (primary N) is 1. The van der Waals surface area contributed by atoms with E-state index in [-0.39, 0.29) is 56.3 Å². The summed E-state index contributed by atoms with van der Waals surface area (Å²) < 4.78 is 24.3. The van der Waals surface area contributed by atoms with Crippen LogP contribution in [0, 0.1) is 17.8 Å². The number of ketones is 2. The third-order valence-electron chi connectivity index (χ3n) is 15.5. The zero-order valence-electron chi connectivity index (χ0n) is 50.7. The zero-order valence-corrected chi connectivity index (χ0v) is 50.7. The van der Waals surface area contributed by atoms with Gasteiger partial charge in [0.25, 0.3) is 0 Å². The van der Waals surface area contributed by atoms with Crippen molar-refractivity contribution in [3.8, 4) is 0 Å². The number of nitrogens with zero attached hydrogens (tertiary/aromatic N) is 1. The van der Waals surface area contributed by atoms with Crippen LogP contribution in [-0.2, 0) is 33.3 Å². The van der Waals surface area contributed by atoms with Crippen molar-refractivity contribution in [1.29, 1.82) is 0 Å². The second-order valence-electron chi connectivity index (χ2n) is 23.5. The predicted molar refractivity (Wildman–Crippen MR) is 324 cm³/mol. The third-order valence-corrected chi connectivity index (χ3v) is 15.5. The maximum absolute atomic E-state index is 13.9. The first-order chi connectivity index (χ1) is 40.8. The van der Waals surface area contributed by atoms with Crippen molar-refractivity contribution in [3.05, 3.63) is 115 Å². The molecular formula is C64H98N4O18. The Labute approximate surface area is 506 Å². The number of nitrogens with one attached hydrogen (secondary N) is 2. The van der Waals surface area contributed by atoms with Crippen molar-refractivity contribution in [2.24, 2.45) is 23.5 Å². The highest BCUT2D eigenvalue weighted by Gasteiger charge is 2.51. The second kappa shape index (κ2) is 37.7. The molecule has 3 aliphatic heterocycles. The van der Waals surface area contributed by atoms with E-state index in [1.807, 2.05) is 38.9 Å². The van der Waals surface area contributed by atoms with Gasteiger partial charge in [0.2, 0.25) is 5.91 Å². The molecule has 86 heavy (non-hydrogen) atoms. The van der Waals surface area contributed by atoms with Gasteiger partial charge in [0.1, 0.15) is 18.0 Å². The molecule has 22 nitrogen and oxygen atoms in total. The molecule has 14 N–H and O–H groups in total. The first-order valence-corrected chi connectivity index (χ1v) is 30.0. The highest BCUT2D eigenvalue weighted by molar-refractivity contribution is 5.96. The number of allylic oxidation sites excluding steroid dienone is 12. The number of anilines is 1. The van der Waals surface area contributed by atoms with Gasteiger partial charge in [-0.2, -0.15) is 0 Å². The molecule has 14 unspecified atom stereocenters. The lowest BCUT2D eigenvalue weighted by molar-refractivity contribution is -0.307. The fourth-order valence-electron chi connectivity index (χ4n) is 10.8. The van der Waals surface area contributed by atoms with Gasteiger partial charge in [-0.25, -0.2) is 0 Å². The number of carbonyl (C=O) groups is 4. The summed E-state index contributed by atoms with van der Waals surface area (Å²) in [4.78, 5) is 55.2. The van der Waals surface area contributed by atoms with E-state index in [2.05, 4.69) is 10.6 Å². The first-order valence-electron chi connectivity index (χ1n) is 30.0. The Hall–Kier alpha value is -5.12. The molecule has 0 aliphatic carbocycles. The smallest absolute Gasteiger partial charge is 0.308 e. The van der Waals surface area contributed by atoms with E-state index in [1.165, 1.54) is 0 Å². The number of hydrogen-bond acceptors (Lipinski definition) is 21. The van der Waals surface area contributed by atoms with Crippen molar-refractivity contribution in [2.45, 2.75) is 202 Å². The van der Waals surface area contributed by atoms with Crippen molar-refractivity contribution in [2.75, 3.05) is 39.5 Å². The van der Waals surface area contributed by atoms with E-state index < -0.39 is 160 Å². The molecule has 1 amide bonds. The summed E-state index contributed by atoms with van der Waals surface area (Å²) in [6, 6.07) is 5.78. The van der Waals surface area contributed by atoms with Crippen LogP contribution in [0.25, 0.3) is 0 Å². The zero-order chi connectivity index (χ0) is 63.5. The minimum absolute atomic E-state index is 0.102. The Morgan fingerprint density at radius 3 is 1.92 bits per heavy atom. The van der Waals surface area contributed by atoms with Crippen LogP contribution in [0.1, 0.15) is 115 Å². The van der Waals surface area contributed by atoms with Gasteiger partial charge in [-0.1, -0.05) is 98.9 Å². The largest absolute Gasteiger partial charge is 0.461 e. The number of benzene rings is 1. The van der Waals surface area contributed by atoms with Crippen LogP contribution in [0.3, 0.4) is 0 Å². The van der Waals surface area contributed by atoms with Crippen molar-refractivity contribution < 1.29 is 89.2 Å². The highest BCUT2D eigenvalue weighted by Crippen LogP contribution is 2.38. The minimum Gasteiger partial charge on any atom is -0.461 e. The molecule has 1 aromatic carbocycles. The van der Waals surface area contributed by atoms with Crippen LogP contribution < -0.4 is 16.4 Å². The number of rotatable bonds is 15. The standard InChI is InChI=1S/C64H98N4O18/c1-40-20-17-15-13-11-9-7-8-10-12-14-16-18-21-52(84-63-60(80)58(65)59(79)42(3)83-63)37-55-57(62(81)67-28-19-29-68(5)6)54(77)39-64(82,86-55)38-51(75)34-49(73)32-47(71)30-46(70)31-48(72)33-50(74)36-56(78)85-61(40)41(2)22-27-45(69)35-53(76)43-23-25-44(66-4)26-24-43/h7-18,20-21,23-26,40-42,45-47,49-52,54-55,57-61,63,66,69-71,73-75,77,79-80,82H,19,22,27-39,65H2,1-6H3,(H,67,81)/t40?,41?,42-,45?,46?,47?,49?,50?,51?,52?,54?,55?,57?,58+,59-,60+,61?,63+,64?/m1/s1. The maximum atomic E-state index is 13.9. The van der Waals surface area contributed by atoms with Crippen molar-refractivity contribution in [3.63, 3.8) is 0 Å². The molecule has 3 aliphatic rings. The van der Waals surface area contributed by atoms with Gasteiger partial charge in [0, 0.05) is 69.3 Å². The lowest BCUT2D eigenvalue weighted by Gasteiger charge is -2.46. The molecule has 22 heteroatoms. The molecule has 19 atom stereocenters. The number of cyclic esters (lactones) is 1. The summed E-state index contributed by atoms with van der Waals surface area (Å²) in [7, 11) is 5.54. The summed E-state index contributed by atoms with van der Waals surface area (Å²) >= 11 is 0. The lowest BCUT2D eigenvalue weighted by atomic mass is 9.82. The second-order valence-corrected chi connectivity index (χ2v) is 23.5. The van der Waals surface area contributed by atoms with Crippen LogP contribution >= 0.6 is 0 Å². The number of fused-ring (bicyclic) bond motifs is 2. The Morgan fingerprint density at radius 2 is 1.31 bits per heavy atom. The molecule has 0 saturated carbocycles. The SMILES string of the molecule is CNc1ccc(C(=O)CC(O)CCC(C)C2OC(=O)CC(O)CC(=O)CC(O)CC(O)CC(O)CC(O)CC3(O)CC(O)C(C(=O)NCCCN(C)C)C(CC(O[C@@H]4O[C@H](C)[C@@H](O)[C@H](N)[C@@H]4O)C=CC=CC=CC=CC=CC=CC=CC2C)O3)cc1. The quantitative estimate of drug-likeness (QED) is 0.0682. The Bertz CT molecular complexity index is 2430. The topological polar surface area (TPSA) is 361 Å². The van der Waals surface area contributed by atoms with E-state index in [0.717, 1.165) is 5.69 Å². The summed E-state index contributed by atoms with van der Waals surface area (Å²) in [5, 5.41) is 117. The molecule has 0 radical (unpaired) electrons. The number of hydrogen-bond donors (Lipinski definition) is 13. The van der Waals surface area contributed by atoms with Gasteiger partial charge in [-0.3, -0.25) is 19.2 Å². The number of aliphatic hydroxyl groups excluding tert-OH is 9. The Morgan fingerprint density at radius 1 is 0.744 bits per heavy atom. The molecular weight excluding hydrogens is 1110 g/mol. The van der Waals surface area contributed by atoms with Gasteiger partial charge in [0.15, 0.2) is 17.9 Å². The van der Waals surface area contributed by atoms with Gasteiger partial charge in [0.05, 0.1) is 85.5 Å². The summed E-state index contributed by atoms with van der Waals surface area (Å²) in [6.07, 6.45) is 3.97. The summed E-state index contributed by atoms with van der Waals surface area (Å²) in [6.45, 7) is 6.18. The molecule has 4 rings (SSSR count). The normalized spacial score (nSPS) is 33.7. The minimum atomic E-state index is -2.28. The number of esters is 1. The molecule has 3 heterocycles. The van der Waals surface area contributed by atoms with Crippen molar-refractivity contribution >= 4 is 29.1 Å². The van der Waals surface area contributed by atoms with Crippen LogP contribution in [0.2, 0.25) is 0 Å². The third kappa shape index (κ3) is 26.3. The fraction of sp³-hybridized carbons (Fsp3) is 0.625. The van der Waals surface area contributed by atoms with Gasteiger partial charge >= 0.3 is 5.97 Å². The number of Topliss-reactive ketones (excluding diaryl/α,β-unsaturated/α-hetero) is 2. The number of amides is 1. The average Bonchev–Trinajstić information content (AvgIpc) is 1.35. The molecule has 2 fully saturated rings. The summed E-state index contributed by atoms with van der Waals surface area (Å²) in [5.41, 5.74) is 7.45. The molecule has 1 aromatic rings. The van der Waals surface area contributed by atoms with Gasteiger partial charge in [-0.15, -0.1) is 0 Å². The fourth-order valence-corrected chi connectivity index (χ4v) is 10.8. The number of ether oxygens (including phenoxy) is 4. The van der Waals surface area contributed by atoms with E-state index in [0.29, 0.717) is 24.9 Å². The van der Waals surface area contributed by atoms with Gasteiger partial charge in [-0.05, 0) is 96.3 Å². The van der Waals surface area contributed by atoms with E-state index in [9.17, 15) is 70.2 Å². The first kappa shape index (κ1) is 73.4. The van der Waals surface area contributed by atoms with E-state index in [4.69, 9.17) is 24.7 Å². The predicted octanol–water partition coefficient (Wildman–Crippen LogP) is 2.73. The van der Waals surface area contributed by atoms with Crippen molar-refractivity contribution in [1.82, 2.24) is 10.2 Å². The molecule has 2 saturated heterocycles. The molecule has 482 valence electrons. The van der Waals surface area contributed by atoms with E-state index >= 15 is 0 Å². The molecule has 0 spiro atoms. The van der Waals surface area contributed by atoms with Crippen LogP contribution in [0.15, 0.2) is 109 Å². The average molecular weight is 1210 g/mol. The lowest BCUT2D eigenvalue weighted by Crippen LogP contribution is -2.62. The highest BCUT2D eigenvalue weighted by atomic mass is 16.7. The molecule has 2 bridgehead atoms.